The summed E-state index contributed by atoms with van der Waals surface area (Å²) in [5.41, 5.74) is 6.25. The normalized spacial score (nSPS) is 11.9. The first-order valence-electron chi connectivity index (χ1n) is 11.6. The number of nitrogens with zero attached hydrogens (tertiary/aromatic N) is 3. The van der Waals surface area contributed by atoms with Crippen molar-refractivity contribution in [2.75, 3.05) is 5.32 Å². The molecule has 0 aliphatic carbocycles. The summed E-state index contributed by atoms with van der Waals surface area (Å²) in [6.07, 6.45) is 3.42. The lowest BCUT2D eigenvalue weighted by Crippen LogP contribution is -2.13. The van der Waals surface area contributed by atoms with Gasteiger partial charge in [0.2, 0.25) is 0 Å². The van der Waals surface area contributed by atoms with Crippen LogP contribution in [0.4, 0.5) is 10.1 Å². The molecule has 5 rings (SSSR count). The number of carboxylic acids is 1. The Labute approximate surface area is 217 Å². The highest BCUT2D eigenvalue weighted by Crippen LogP contribution is 2.37. The number of pyridine rings is 3. The second-order valence-electron chi connectivity index (χ2n) is 8.75. The van der Waals surface area contributed by atoms with Gasteiger partial charge in [0.15, 0.2) is 5.69 Å². The van der Waals surface area contributed by atoms with Gasteiger partial charge in [-0.3, -0.25) is 4.98 Å². The number of aryl methyl sites for hydroxylation is 1. The van der Waals surface area contributed by atoms with Crippen molar-refractivity contribution >= 4 is 34.2 Å². The lowest BCUT2D eigenvalue weighted by Gasteiger charge is -2.21. The van der Waals surface area contributed by atoms with Gasteiger partial charge in [-0.25, -0.2) is 19.2 Å². The number of rotatable bonds is 6. The van der Waals surface area contributed by atoms with Crippen LogP contribution in [0.5, 0.6) is 0 Å². The van der Waals surface area contributed by atoms with Crippen LogP contribution in [-0.2, 0) is 0 Å². The molecule has 0 bridgehead atoms. The van der Waals surface area contributed by atoms with Gasteiger partial charge in [0, 0.05) is 34.9 Å². The summed E-state index contributed by atoms with van der Waals surface area (Å²) in [4.78, 5) is 24.9. The zero-order valence-electron chi connectivity index (χ0n) is 20.0. The molecule has 0 radical (unpaired) electrons. The molecule has 37 heavy (non-hydrogen) atoms. The number of carbonyl (C=O) groups is 1. The molecular weight excluding hydrogens is 491 g/mol. The topological polar surface area (TPSA) is 88.0 Å². The third-order valence-electron chi connectivity index (χ3n) is 6.12. The summed E-state index contributed by atoms with van der Waals surface area (Å²) >= 11 is 5.93. The maximum atomic E-state index is 13.7. The molecule has 1 unspecified atom stereocenters. The fourth-order valence-corrected chi connectivity index (χ4v) is 4.56. The molecule has 2 aromatic carbocycles. The molecule has 0 saturated carbocycles. The van der Waals surface area contributed by atoms with Gasteiger partial charge in [0.05, 0.1) is 16.9 Å². The van der Waals surface area contributed by atoms with E-state index in [1.54, 1.807) is 36.7 Å². The van der Waals surface area contributed by atoms with E-state index in [-0.39, 0.29) is 22.7 Å². The van der Waals surface area contributed by atoms with E-state index in [9.17, 15) is 14.3 Å². The van der Waals surface area contributed by atoms with E-state index >= 15 is 0 Å². The quantitative estimate of drug-likeness (QED) is 0.231. The summed E-state index contributed by atoms with van der Waals surface area (Å²) in [6, 6.07) is 19.1. The van der Waals surface area contributed by atoms with Crippen molar-refractivity contribution in [2.45, 2.75) is 19.9 Å². The van der Waals surface area contributed by atoms with Gasteiger partial charge < -0.3 is 10.4 Å². The van der Waals surface area contributed by atoms with Crippen molar-refractivity contribution in [3.63, 3.8) is 0 Å². The SMILES string of the molecule is Cc1cc(C(C)Nc2ccc(Cl)nc2C(=O)O)c2cc(-c3ccc(F)cc3)c(-c3ccncc3)nc2c1. The van der Waals surface area contributed by atoms with Gasteiger partial charge in [-0.15, -0.1) is 0 Å². The predicted octanol–water partition coefficient (Wildman–Crippen LogP) is 7.33. The highest BCUT2D eigenvalue weighted by Gasteiger charge is 2.19. The Balaban J connectivity index is 1.69. The Bertz CT molecular complexity index is 1630. The average Bonchev–Trinajstić information content (AvgIpc) is 2.89. The number of halogens is 2. The number of nitrogens with one attached hydrogen (secondary N) is 1. The van der Waals surface area contributed by atoms with E-state index in [1.165, 1.54) is 12.1 Å². The highest BCUT2D eigenvalue weighted by atomic mass is 35.5. The van der Waals surface area contributed by atoms with Gasteiger partial charge in [0.1, 0.15) is 11.0 Å². The third kappa shape index (κ3) is 4.99. The van der Waals surface area contributed by atoms with Gasteiger partial charge in [-0.05, 0) is 79.1 Å². The zero-order chi connectivity index (χ0) is 26.1. The Morgan fingerprint density at radius 3 is 2.41 bits per heavy atom. The van der Waals surface area contributed by atoms with E-state index in [0.717, 1.165) is 44.4 Å². The fraction of sp³-hybridized carbons (Fsp3) is 0.103. The van der Waals surface area contributed by atoms with Crippen LogP contribution in [0.3, 0.4) is 0 Å². The second kappa shape index (κ2) is 9.95. The molecular formula is C29H22ClFN4O2. The molecule has 0 aliphatic heterocycles. The fourth-order valence-electron chi connectivity index (χ4n) is 4.41. The van der Waals surface area contributed by atoms with E-state index < -0.39 is 5.97 Å². The number of hydrogen-bond acceptors (Lipinski definition) is 5. The van der Waals surface area contributed by atoms with Crippen LogP contribution in [-0.4, -0.2) is 26.0 Å². The number of aromatic carboxylic acids is 1. The van der Waals surface area contributed by atoms with Crippen LogP contribution in [0.15, 0.2) is 79.1 Å². The first-order chi connectivity index (χ1) is 17.8. The standard InChI is InChI=1S/C29H22ClFN4O2/c1-16-13-21(17(2)33-24-7-8-26(30)35-28(24)29(36)37)23-15-22(18-3-5-20(31)6-4-18)27(34-25(23)14-16)19-9-11-32-12-10-19/h3-15,17,33H,1-2H3,(H,36,37). The number of aromatic nitrogens is 3. The van der Waals surface area contributed by atoms with Crippen LogP contribution in [0.25, 0.3) is 33.3 Å². The number of anilines is 1. The Hall–Kier alpha value is -4.36. The Kier molecular flexibility index (Phi) is 6.54. The largest absolute Gasteiger partial charge is 0.476 e. The summed E-state index contributed by atoms with van der Waals surface area (Å²) in [5, 5.41) is 13.9. The third-order valence-corrected chi connectivity index (χ3v) is 6.33. The maximum Gasteiger partial charge on any atom is 0.356 e. The molecule has 0 spiro atoms. The number of hydrogen-bond donors (Lipinski definition) is 2. The summed E-state index contributed by atoms with van der Waals surface area (Å²) in [7, 11) is 0. The second-order valence-corrected chi connectivity index (χ2v) is 9.14. The zero-order valence-corrected chi connectivity index (χ0v) is 20.8. The van der Waals surface area contributed by atoms with E-state index in [1.807, 2.05) is 38.1 Å². The number of fused-ring (bicyclic) bond motifs is 1. The van der Waals surface area contributed by atoms with E-state index in [4.69, 9.17) is 16.6 Å². The minimum absolute atomic E-state index is 0.105. The van der Waals surface area contributed by atoms with Crippen molar-refractivity contribution < 1.29 is 14.3 Å². The molecule has 184 valence electrons. The molecule has 0 amide bonds. The predicted molar refractivity (Wildman–Crippen MR) is 143 cm³/mol. The molecule has 6 nitrogen and oxygen atoms in total. The van der Waals surface area contributed by atoms with Crippen molar-refractivity contribution in [3.8, 4) is 22.4 Å². The molecule has 5 aromatic rings. The Morgan fingerprint density at radius 2 is 1.70 bits per heavy atom. The molecule has 0 fully saturated rings. The van der Waals surface area contributed by atoms with Gasteiger partial charge >= 0.3 is 5.97 Å². The van der Waals surface area contributed by atoms with Gasteiger partial charge in [-0.2, -0.15) is 0 Å². The van der Waals surface area contributed by atoms with Crippen molar-refractivity contribution in [3.05, 3.63) is 107 Å². The summed E-state index contributed by atoms with van der Waals surface area (Å²) in [6.45, 7) is 3.94. The number of benzene rings is 2. The smallest absolute Gasteiger partial charge is 0.356 e. The molecule has 3 heterocycles. The van der Waals surface area contributed by atoms with Crippen LogP contribution in [0.2, 0.25) is 5.15 Å². The van der Waals surface area contributed by atoms with Gasteiger partial charge in [-0.1, -0.05) is 29.8 Å². The minimum atomic E-state index is -1.17. The first kappa shape index (κ1) is 24.3. The summed E-state index contributed by atoms with van der Waals surface area (Å²) in [5.74, 6) is -1.49. The lowest BCUT2D eigenvalue weighted by atomic mass is 9.93. The monoisotopic (exact) mass is 512 g/mol. The molecule has 1 atom stereocenters. The van der Waals surface area contributed by atoms with Gasteiger partial charge in [0.25, 0.3) is 0 Å². The van der Waals surface area contributed by atoms with Crippen LogP contribution < -0.4 is 5.32 Å². The summed E-state index contributed by atoms with van der Waals surface area (Å²) < 4.78 is 13.7. The molecule has 0 aliphatic rings. The van der Waals surface area contributed by atoms with Crippen molar-refractivity contribution in [1.29, 1.82) is 0 Å². The van der Waals surface area contributed by atoms with E-state index in [0.29, 0.717) is 5.69 Å². The minimum Gasteiger partial charge on any atom is -0.476 e. The van der Waals surface area contributed by atoms with Crippen LogP contribution in [0, 0.1) is 12.7 Å². The molecule has 8 heteroatoms. The first-order valence-corrected chi connectivity index (χ1v) is 12.0. The highest BCUT2D eigenvalue weighted by molar-refractivity contribution is 6.29. The Morgan fingerprint density at radius 1 is 0.973 bits per heavy atom. The molecule has 3 aromatic heterocycles. The van der Waals surface area contributed by atoms with E-state index in [2.05, 4.69) is 21.4 Å². The van der Waals surface area contributed by atoms with Crippen molar-refractivity contribution in [2.24, 2.45) is 0 Å². The van der Waals surface area contributed by atoms with Crippen LogP contribution >= 0.6 is 11.6 Å². The lowest BCUT2D eigenvalue weighted by molar-refractivity contribution is 0.0691. The average molecular weight is 513 g/mol. The number of carboxylic acid groups (broad SMARTS) is 1. The van der Waals surface area contributed by atoms with Crippen LogP contribution in [0.1, 0.15) is 34.6 Å². The van der Waals surface area contributed by atoms with Crippen molar-refractivity contribution in [1.82, 2.24) is 15.0 Å². The maximum absolute atomic E-state index is 13.7. The molecule has 0 saturated heterocycles. The molecule has 2 N–H and O–H groups in total.